The third-order valence-electron chi connectivity index (χ3n) is 20.4. The lowest BCUT2D eigenvalue weighted by Crippen LogP contribution is -2.11. The Morgan fingerprint density at radius 3 is 0.978 bits per heavy atom. The molecular formula is C92H72BrClF9N31O3. The number of nitro benzene ring substituents is 1. The first-order valence-corrected chi connectivity index (χ1v) is 41.8. The maximum atomic E-state index is 14.5. The number of nitrogens with zero attached hydrogens (tertiary/aromatic N) is 21. The van der Waals surface area contributed by atoms with Gasteiger partial charge in [-0.3, -0.25) is 32.9 Å². The van der Waals surface area contributed by atoms with Gasteiger partial charge in [0.15, 0.2) is 69.8 Å². The SMILES string of the molecule is COc1ccc(Nc2nc(-n3c(C)nc4cc(F)c(F)cc43)nc(N)c2F)cc1.Cc1ccc(Nc2nc(-n3c(C)nc4cc(F)c(F)cc43)nc(N)c2F)cc1.Cc1nc2cc(F)c(F)cc2n1-c1nc(N)c(F)c(Nc2ccc(Cl)cc2)n1.Cc1nc2ccccc2n1-c1nc(N)cc(Nc2ccc(Br)cc2)n1.Cc1nc2ccccc2n1-c1nc(N)cc(Nc2ccc([N+](=O)[O-])cc2)n1. The topological polar surface area (TPSA) is 461 Å². The van der Waals surface area contributed by atoms with Gasteiger partial charge in [0, 0.05) is 98.6 Å². The van der Waals surface area contributed by atoms with Crippen molar-refractivity contribution in [1.82, 2.24) is 97.6 Å². The molecule has 10 aromatic carbocycles. The molecule has 34 nitrogen and oxygen atoms in total. The molecule has 0 aliphatic carbocycles. The molecule has 0 saturated heterocycles. The fourth-order valence-electron chi connectivity index (χ4n) is 14.0. The molecule has 137 heavy (non-hydrogen) atoms. The summed E-state index contributed by atoms with van der Waals surface area (Å²) in [6, 6.07) is 59.1. The highest BCUT2D eigenvalue weighted by Crippen LogP contribution is 2.35. The summed E-state index contributed by atoms with van der Waals surface area (Å²) in [4.78, 5) is 74.1. The molecule has 0 spiro atoms. The Bertz CT molecular complexity index is 7830. The van der Waals surface area contributed by atoms with Crippen LogP contribution in [0, 0.1) is 104 Å². The number of aryl methyl sites for hydroxylation is 6. The number of nitro groups is 1. The van der Waals surface area contributed by atoms with Gasteiger partial charge >= 0.3 is 0 Å². The molecule has 0 unspecified atom stereocenters. The van der Waals surface area contributed by atoms with Gasteiger partial charge in [0.25, 0.3) is 5.69 Å². The van der Waals surface area contributed by atoms with Crippen molar-refractivity contribution in [1.29, 1.82) is 0 Å². The molecule has 0 saturated carbocycles. The highest BCUT2D eigenvalue weighted by Gasteiger charge is 2.26. The minimum atomic E-state index is -1.05. The van der Waals surface area contributed by atoms with Gasteiger partial charge in [0.1, 0.15) is 58.1 Å². The summed E-state index contributed by atoms with van der Waals surface area (Å²) in [6.45, 7) is 10.6. The average Bonchev–Trinajstić information content (AvgIpc) is 1.64. The Labute approximate surface area is 781 Å². The third kappa shape index (κ3) is 20.4. The Morgan fingerprint density at radius 2 is 0.628 bits per heavy atom. The summed E-state index contributed by atoms with van der Waals surface area (Å²) in [6.07, 6.45) is 0. The van der Waals surface area contributed by atoms with E-state index < -0.39 is 68.9 Å². The zero-order chi connectivity index (χ0) is 97.1. The van der Waals surface area contributed by atoms with Gasteiger partial charge in [-0.05, 0) is 163 Å². The lowest BCUT2D eigenvalue weighted by atomic mass is 10.2. The number of imidazole rings is 5. The van der Waals surface area contributed by atoms with Crippen LogP contribution in [0.3, 0.4) is 0 Å². The van der Waals surface area contributed by atoms with Crippen LogP contribution in [0.25, 0.3) is 84.9 Å². The molecule has 45 heteroatoms. The maximum absolute atomic E-state index is 14.5. The minimum Gasteiger partial charge on any atom is -0.497 e. The van der Waals surface area contributed by atoms with Gasteiger partial charge in [-0.15, -0.1) is 0 Å². The summed E-state index contributed by atoms with van der Waals surface area (Å²) in [5.74, 6) is -4.60. The van der Waals surface area contributed by atoms with Crippen molar-refractivity contribution in [3.05, 3.63) is 325 Å². The molecule has 10 heterocycles. The molecule has 20 rings (SSSR count). The van der Waals surface area contributed by atoms with Crippen molar-refractivity contribution >= 4 is 175 Å². The Balaban J connectivity index is 0.000000124. The molecule has 0 bridgehead atoms. The van der Waals surface area contributed by atoms with E-state index in [-0.39, 0.29) is 79.9 Å². The summed E-state index contributed by atoms with van der Waals surface area (Å²) < 4.78 is 139. The predicted molar refractivity (Wildman–Crippen MR) is 508 cm³/mol. The number of nitrogens with two attached hydrogens (primary N) is 5. The number of nitrogens with one attached hydrogen (secondary N) is 5. The Kier molecular flexibility index (Phi) is 26.3. The van der Waals surface area contributed by atoms with Crippen molar-refractivity contribution in [3.8, 4) is 35.5 Å². The van der Waals surface area contributed by atoms with E-state index in [0.29, 0.717) is 86.2 Å². The highest BCUT2D eigenvalue weighted by atomic mass is 79.9. The van der Waals surface area contributed by atoms with Crippen LogP contribution in [0.15, 0.2) is 223 Å². The summed E-state index contributed by atoms with van der Waals surface area (Å²) >= 11 is 9.27. The van der Waals surface area contributed by atoms with Crippen molar-refractivity contribution in [2.45, 2.75) is 41.5 Å². The lowest BCUT2D eigenvalue weighted by molar-refractivity contribution is -0.384. The molecule has 10 aromatic heterocycles. The average molecular weight is 1950 g/mol. The molecule has 0 aliphatic heterocycles. The van der Waals surface area contributed by atoms with E-state index in [4.69, 9.17) is 45.0 Å². The first-order chi connectivity index (χ1) is 65.6. The number of aromatic nitrogens is 20. The van der Waals surface area contributed by atoms with E-state index >= 15 is 0 Å². The van der Waals surface area contributed by atoms with Crippen molar-refractivity contribution < 1.29 is 49.2 Å². The molecule has 20 aromatic rings. The lowest BCUT2D eigenvalue weighted by Gasteiger charge is -2.12. The molecule has 0 fully saturated rings. The normalized spacial score (nSPS) is 11.1. The summed E-state index contributed by atoms with van der Waals surface area (Å²) in [7, 11) is 1.53. The number of benzene rings is 10. The van der Waals surface area contributed by atoms with Gasteiger partial charge in [-0.1, -0.05) is 69.5 Å². The van der Waals surface area contributed by atoms with E-state index in [1.54, 1.807) is 106 Å². The van der Waals surface area contributed by atoms with Crippen molar-refractivity contribution in [3.63, 3.8) is 0 Å². The van der Waals surface area contributed by atoms with Gasteiger partial charge < -0.3 is 60.0 Å². The van der Waals surface area contributed by atoms with Crippen LogP contribution >= 0.6 is 27.5 Å². The first-order valence-electron chi connectivity index (χ1n) is 40.7. The zero-order valence-corrected chi connectivity index (χ0v) is 74.8. The molecule has 0 amide bonds. The van der Waals surface area contributed by atoms with E-state index in [0.717, 1.165) is 85.8 Å². The second-order valence-corrected chi connectivity index (χ2v) is 31.3. The predicted octanol–water partition coefficient (Wildman–Crippen LogP) is 20.1. The quantitative estimate of drug-likeness (QED) is 0.0230. The zero-order valence-electron chi connectivity index (χ0n) is 72.4. The first kappa shape index (κ1) is 92.6. The van der Waals surface area contributed by atoms with Crippen molar-refractivity contribution in [2.24, 2.45) is 0 Å². The fraction of sp³-hybridized carbons (Fsp3) is 0.0761. The van der Waals surface area contributed by atoms with E-state index in [9.17, 15) is 49.6 Å². The number of halogens is 11. The Morgan fingerprint density at radius 1 is 0.336 bits per heavy atom. The smallest absolute Gasteiger partial charge is 0.269 e. The van der Waals surface area contributed by atoms with E-state index in [2.05, 4.69) is 117 Å². The van der Waals surface area contributed by atoms with Crippen LogP contribution in [0.2, 0.25) is 5.02 Å². The number of rotatable bonds is 17. The number of fused-ring (bicyclic) bond motifs is 5. The van der Waals surface area contributed by atoms with E-state index in [1.165, 1.54) is 32.9 Å². The summed E-state index contributed by atoms with van der Waals surface area (Å²) in [5.41, 5.74) is 38.3. The van der Waals surface area contributed by atoms with Gasteiger partial charge in [0.05, 0.1) is 67.2 Å². The molecule has 690 valence electrons. The van der Waals surface area contributed by atoms with Crippen LogP contribution in [0.4, 0.5) is 132 Å². The maximum Gasteiger partial charge on any atom is 0.269 e. The highest BCUT2D eigenvalue weighted by molar-refractivity contribution is 9.10. The van der Waals surface area contributed by atoms with Crippen LogP contribution in [-0.2, 0) is 0 Å². The number of methoxy groups -OCH3 is 1. The molecule has 0 radical (unpaired) electrons. The van der Waals surface area contributed by atoms with Crippen LogP contribution in [0.5, 0.6) is 5.75 Å². The van der Waals surface area contributed by atoms with E-state index in [1.807, 2.05) is 115 Å². The van der Waals surface area contributed by atoms with Crippen LogP contribution in [-0.4, -0.2) is 110 Å². The molecule has 15 N–H and O–H groups in total. The number of non-ortho nitro benzene ring substituents is 1. The minimum absolute atomic E-state index is 0.0143. The summed E-state index contributed by atoms with van der Waals surface area (Å²) in [5, 5.41) is 26.1. The van der Waals surface area contributed by atoms with Gasteiger partial charge in [-0.2, -0.15) is 63.0 Å². The monoisotopic (exact) mass is 1940 g/mol. The fourth-order valence-corrected chi connectivity index (χ4v) is 14.4. The number of hydrogen-bond donors (Lipinski definition) is 10. The second kappa shape index (κ2) is 39.0. The molecular weight excluding hydrogens is 1870 g/mol. The standard InChI is InChI=1S/C19H15F3N6O.C19H15F3N6.C18H15BrN6.C18H12ClF3N6.C18H15N7O2/c1-9-24-14-7-12(20)13(21)8-15(14)28(9)19-26-17(23)16(22)18(27-19)25-10-3-5-11(29-2)6-4-10;1-9-3-5-11(6-4-9)25-18-16(22)17(23)26-19(27-18)28-10(2)24-14-7-12(20)13(21)8-15(14)28;1-11-21-14-4-2-3-5-15(14)25(11)18-23-16(20)10-17(24-18)22-13-8-6-12(19)7-9-13;1-8-24-13-6-11(20)12(21)7-14(13)28(8)18-26-16(23)15(22)17(27-18)25-10-4-2-9(19)3-5-10;1-11-20-14-4-2-3-5-15(14)24(11)18-22-16(19)10-17(23-18)21-12-6-8-13(9-7-12)25(26)27/h3-8H,1-2H3,(H3,23,25,26,27);3-8H,1-2H3,(H3,23,25,26,27);2-10H,1H3,(H3,20,22,23,24);2-7H,1H3,(H3,23,25,26,27);2-10H,1H3,(H3,19,21,22,23). The third-order valence-corrected chi connectivity index (χ3v) is 21.1. The number of ether oxygens (including phenoxy) is 1. The largest absolute Gasteiger partial charge is 0.497 e. The number of nitrogen functional groups attached to an aromatic ring is 5. The second-order valence-electron chi connectivity index (χ2n) is 29.9. The molecule has 0 aliphatic rings. The van der Waals surface area contributed by atoms with Crippen molar-refractivity contribution in [2.75, 3.05) is 62.4 Å². The molecule has 0 atom stereocenters. The van der Waals surface area contributed by atoms with Crippen LogP contribution < -0.4 is 60.0 Å². The number of hydrogen-bond acceptors (Lipinski definition) is 28. The Hall–Kier alpha value is -17.7. The van der Waals surface area contributed by atoms with Gasteiger partial charge in [-0.25, -0.2) is 51.3 Å². The van der Waals surface area contributed by atoms with Crippen LogP contribution in [0.1, 0.15) is 34.7 Å². The number of para-hydroxylation sites is 4. The number of anilines is 15. The van der Waals surface area contributed by atoms with Gasteiger partial charge in [0.2, 0.25) is 47.2 Å².